The summed E-state index contributed by atoms with van der Waals surface area (Å²) in [6.45, 7) is 3.90. The third-order valence-corrected chi connectivity index (χ3v) is 2.75. The molecule has 2 heterocycles. The molecule has 1 N–H and O–H groups in total. The fourth-order valence-electron chi connectivity index (χ4n) is 1.32. The van der Waals surface area contributed by atoms with Crippen molar-refractivity contribution in [1.29, 1.82) is 0 Å². The van der Waals surface area contributed by atoms with Gasteiger partial charge >= 0.3 is 0 Å². The van der Waals surface area contributed by atoms with Crippen LogP contribution in [0.15, 0.2) is 29.0 Å². The summed E-state index contributed by atoms with van der Waals surface area (Å²) in [4.78, 5) is 4.25. The third-order valence-electron chi connectivity index (χ3n) is 2.28. The molecule has 0 aliphatic carbocycles. The first-order valence-electron chi connectivity index (χ1n) is 5.18. The predicted molar refractivity (Wildman–Crippen MR) is 66.3 cm³/mol. The van der Waals surface area contributed by atoms with E-state index in [1.54, 1.807) is 30.9 Å². The molecule has 2 rings (SSSR count). The van der Waals surface area contributed by atoms with Crippen LogP contribution in [0, 0.1) is 0 Å². The molecular formula is C11H13BrN4O. The summed E-state index contributed by atoms with van der Waals surface area (Å²) in [5, 5.41) is 17.6. The minimum atomic E-state index is -0.967. The summed E-state index contributed by atoms with van der Waals surface area (Å²) in [5.74, 6) is 0. The topological polar surface area (TPSA) is 63.8 Å². The minimum Gasteiger partial charge on any atom is -0.384 e. The van der Waals surface area contributed by atoms with E-state index in [-0.39, 0.29) is 0 Å². The van der Waals surface area contributed by atoms with Crippen LogP contribution in [-0.4, -0.2) is 25.1 Å². The van der Waals surface area contributed by atoms with Gasteiger partial charge in [-0.3, -0.25) is 4.98 Å². The minimum absolute atomic E-state index is 0.538. The molecule has 6 heteroatoms. The van der Waals surface area contributed by atoms with E-state index in [0.29, 0.717) is 12.2 Å². The number of aliphatic hydroxyl groups is 1. The molecule has 0 bridgehead atoms. The van der Waals surface area contributed by atoms with E-state index in [4.69, 9.17) is 0 Å². The Labute approximate surface area is 108 Å². The molecule has 5 nitrogen and oxygen atoms in total. The Balaban J connectivity index is 2.14. The summed E-state index contributed by atoms with van der Waals surface area (Å²) in [6.07, 6.45) is 3.47. The molecule has 0 atom stereocenters. The van der Waals surface area contributed by atoms with Gasteiger partial charge < -0.3 is 5.11 Å². The molecule has 0 spiro atoms. The highest BCUT2D eigenvalue weighted by Gasteiger charge is 2.19. The Bertz CT molecular complexity index is 501. The Morgan fingerprint density at radius 2 is 2.18 bits per heavy atom. The average Bonchev–Trinajstić information content (AvgIpc) is 2.69. The zero-order chi connectivity index (χ0) is 12.5. The quantitative estimate of drug-likeness (QED) is 0.936. The first-order valence-corrected chi connectivity index (χ1v) is 5.98. The van der Waals surface area contributed by atoms with Crippen LogP contribution in [0.3, 0.4) is 0 Å². The molecule has 0 radical (unpaired) electrons. The van der Waals surface area contributed by atoms with E-state index in [1.165, 1.54) is 0 Å². The number of hydrogen-bond donors (Lipinski definition) is 1. The van der Waals surface area contributed by atoms with Crippen LogP contribution < -0.4 is 0 Å². The lowest BCUT2D eigenvalue weighted by atomic mass is 10.1. The zero-order valence-electron chi connectivity index (χ0n) is 9.63. The lowest BCUT2D eigenvalue weighted by Crippen LogP contribution is -2.15. The highest BCUT2D eigenvalue weighted by molar-refractivity contribution is 9.10. The molecule has 90 valence electrons. The molecule has 2 aromatic rings. The fraction of sp³-hybridized carbons (Fsp3) is 0.364. The van der Waals surface area contributed by atoms with Gasteiger partial charge in [-0.1, -0.05) is 5.21 Å². The molecule has 17 heavy (non-hydrogen) atoms. The summed E-state index contributed by atoms with van der Waals surface area (Å²) in [7, 11) is 0. The Morgan fingerprint density at radius 1 is 1.41 bits per heavy atom. The summed E-state index contributed by atoms with van der Waals surface area (Å²) < 4.78 is 2.60. The maximum absolute atomic E-state index is 9.77. The fourth-order valence-corrected chi connectivity index (χ4v) is 1.56. The van der Waals surface area contributed by atoms with E-state index in [1.807, 2.05) is 12.1 Å². The molecule has 0 saturated carbocycles. The highest BCUT2D eigenvalue weighted by Crippen LogP contribution is 2.16. The smallest absolute Gasteiger partial charge is 0.114 e. The van der Waals surface area contributed by atoms with Crippen molar-refractivity contribution in [1.82, 2.24) is 20.0 Å². The molecular weight excluding hydrogens is 284 g/mol. The molecule has 0 saturated heterocycles. The van der Waals surface area contributed by atoms with E-state index < -0.39 is 5.60 Å². The molecule has 0 aromatic carbocycles. The largest absolute Gasteiger partial charge is 0.384 e. The van der Waals surface area contributed by atoms with Crippen LogP contribution in [0.1, 0.15) is 25.2 Å². The van der Waals surface area contributed by atoms with Crippen LogP contribution in [0.4, 0.5) is 0 Å². The van der Waals surface area contributed by atoms with Crippen molar-refractivity contribution in [3.8, 4) is 0 Å². The number of pyridine rings is 1. The molecule has 2 aromatic heterocycles. The van der Waals surface area contributed by atoms with Crippen molar-refractivity contribution in [3.63, 3.8) is 0 Å². The van der Waals surface area contributed by atoms with Gasteiger partial charge in [0, 0.05) is 10.7 Å². The Morgan fingerprint density at radius 3 is 2.71 bits per heavy atom. The standard InChI is InChI=1S/C11H13BrN4O/c1-11(2,17)10-7-16(15-14-10)6-9-4-3-8(12)5-13-9/h3-5,7,17H,6H2,1-2H3. The lowest BCUT2D eigenvalue weighted by Gasteiger charge is -2.11. The van der Waals surface area contributed by atoms with E-state index in [9.17, 15) is 5.11 Å². The molecule has 0 aliphatic rings. The zero-order valence-corrected chi connectivity index (χ0v) is 11.2. The van der Waals surface area contributed by atoms with Gasteiger partial charge in [0.15, 0.2) is 0 Å². The number of nitrogens with zero attached hydrogens (tertiary/aromatic N) is 4. The molecule has 0 aliphatic heterocycles. The van der Waals surface area contributed by atoms with Gasteiger partial charge in [0.25, 0.3) is 0 Å². The summed E-state index contributed by atoms with van der Waals surface area (Å²) in [5.41, 5.74) is 0.473. The van der Waals surface area contributed by atoms with Gasteiger partial charge in [-0.15, -0.1) is 5.10 Å². The Hall–Kier alpha value is -1.27. The number of aromatic nitrogens is 4. The van der Waals surface area contributed by atoms with Gasteiger partial charge in [0.2, 0.25) is 0 Å². The second kappa shape index (κ2) is 4.54. The highest BCUT2D eigenvalue weighted by atomic mass is 79.9. The van der Waals surface area contributed by atoms with Crippen LogP contribution >= 0.6 is 15.9 Å². The predicted octanol–water partition coefficient (Wildman–Crippen LogP) is 1.71. The van der Waals surface area contributed by atoms with Crippen molar-refractivity contribution < 1.29 is 5.11 Å². The monoisotopic (exact) mass is 296 g/mol. The van der Waals surface area contributed by atoms with E-state index >= 15 is 0 Å². The van der Waals surface area contributed by atoms with Crippen LogP contribution in [0.2, 0.25) is 0 Å². The maximum atomic E-state index is 9.77. The van der Waals surface area contributed by atoms with Crippen LogP contribution in [-0.2, 0) is 12.1 Å². The first-order chi connectivity index (χ1) is 7.95. The Kier molecular flexibility index (Phi) is 3.26. The molecule has 0 amide bonds. The van der Waals surface area contributed by atoms with Crippen LogP contribution in [0.5, 0.6) is 0 Å². The van der Waals surface area contributed by atoms with E-state index in [2.05, 4.69) is 31.2 Å². The lowest BCUT2D eigenvalue weighted by molar-refractivity contribution is 0.0737. The van der Waals surface area contributed by atoms with Crippen LogP contribution in [0.25, 0.3) is 0 Å². The number of halogens is 1. The van der Waals surface area contributed by atoms with Crippen molar-refractivity contribution in [3.05, 3.63) is 40.4 Å². The van der Waals surface area contributed by atoms with Gasteiger partial charge in [0.05, 0.1) is 18.4 Å². The average molecular weight is 297 g/mol. The van der Waals surface area contributed by atoms with Gasteiger partial charge in [-0.25, -0.2) is 4.68 Å². The molecule has 0 unspecified atom stereocenters. The first kappa shape index (κ1) is 12.2. The van der Waals surface area contributed by atoms with Crippen molar-refractivity contribution in [2.24, 2.45) is 0 Å². The second-order valence-corrected chi connectivity index (χ2v) is 5.24. The van der Waals surface area contributed by atoms with Crippen molar-refractivity contribution in [2.45, 2.75) is 26.0 Å². The third kappa shape index (κ3) is 3.10. The SMILES string of the molecule is CC(C)(O)c1cn(Cc2ccc(Br)cn2)nn1. The van der Waals surface area contributed by atoms with Gasteiger partial charge in [-0.2, -0.15) is 0 Å². The normalized spacial score (nSPS) is 11.8. The summed E-state index contributed by atoms with van der Waals surface area (Å²) >= 11 is 3.33. The maximum Gasteiger partial charge on any atom is 0.114 e. The molecule has 0 fully saturated rings. The van der Waals surface area contributed by atoms with Crippen molar-refractivity contribution in [2.75, 3.05) is 0 Å². The number of rotatable bonds is 3. The summed E-state index contributed by atoms with van der Waals surface area (Å²) in [6, 6.07) is 3.84. The van der Waals surface area contributed by atoms with Crippen molar-refractivity contribution >= 4 is 15.9 Å². The van der Waals surface area contributed by atoms with Gasteiger partial charge in [-0.05, 0) is 41.9 Å². The number of hydrogen-bond acceptors (Lipinski definition) is 4. The second-order valence-electron chi connectivity index (χ2n) is 4.33. The van der Waals surface area contributed by atoms with Gasteiger partial charge in [0.1, 0.15) is 11.3 Å². The van der Waals surface area contributed by atoms with E-state index in [0.717, 1.165) is 10.2 Å².